The zero-order valence-corrected chi connectivity index (χ0v) is 10.3. The van der Waals surface area contributed by atoms with Crippen molar-refractivity contribution >= 4 is 17.5 Å². The molecule has 0 aliphatic rings. The molecule has 0 fully saturated rings. The summed E-state index contributed by atoms with van der Waals surface area (Å²) in [6, 6.07) is 1.75. The second-order valence-electron chi connectivity index (χ2n) is 3.98. The van der Waals surface area contributed by atoms with E-state index in [2.05, 4.69) is 15.3 Å². The fraction of sp³-hybridized carbons (Fsp3) is 0.0833. The number of carbonyl (C=O) groups excluding carboxylic acids is 1. The number of hydrogen-bond acceptors (Lipinski definition) is 4. The van der Waals surface area contributed by atoms with Crippen molar-refractivity contribution in [2.75, 3.05) is 11.1 Å². The van der Waals surface area contributed by atoms with Gasteiger partial charge in [-0.25, -0.2) is 14.4 Å². The Balaban J connectivity index is 2.33. The number of rotatable bonds is 2. The molecule has 1 aromatic carbocycles. The van der Waals surface area contributed by atoms with Crippen LogP contribution in [0, 0.1) is 5.82 Å². The summed E-state index contributed by atoms with van der Waals surface area (Å²) in [5.74, 6) is -2.42. The SMILES string of the molecule is Nc1cnc(NC(=O)c2ccc(F)cc2C(F)(F)F)nc1. The average molecular weight is 300 g/mol. The molecule has 21 heavy (non-hydrogen) atoms. The van der Waals surface area contributed by atoms with Gasteiger partial charge in [-0.05, 0) is 18.2 Å². The molecule has 1 heterocycles. The van der Waals surface area contributed by atoms with Crippen LogP contribution >= 0.6 is 0 Å². The summed E-state index contributed by atoms with van der Waals surface area (Å²) in [6.07, 6.45) is -2.51. The average Bonchev–Trinajstić information content (AvgIpc) is 2.40. The second kappa shape index (κ2) is 5.35. The number of aromatic nitrogens is 2. The molecule has 0 radical (unpaired) electrons. The summed E-state index contributed by atoms with van der Waals surface area (Å²) in [5, 5.41) is 2.08. The van der Waals surface area contributed by atoms with Gasteiger partial charge in [0, 0.05) is 0 Å². The Kier molecular flexibility index (Phi) is 3.74. The second-order valence-corrected chi connectivity index (χ2v) is 3.98. The van der Waals surface area contributed by atoms with E-state index >= 15 is 0 Å². The summed E-state index contributed by atoms with van der Waals surface area (Å²) in [4.78, 5) is 19.1. The first-order valence-corrected chi connectivity index (χ1v) is 5.53. The van der Waals surface area contributed by atoms with Crippen LogP contribution in [0.2, 0.25) is 0 Å². The van der Waals surface area contributed by atoms with Gasteiger partial charge >= 0.3 is 6.18 Å². The standard InChI is InChI=1S/C12H8F4N4O/c13-6-1-2-8(9(3-6)12(14,15)16)10(21)20-11-18-4-7(17)5-19-11/h1-5H,17H2,(H,18,19,20,21). The monoisotopic (exact) mass is 300 g/mol. The third-order valence-corrected chi connectivity index (χ3v) is 2.43. The first-order chi connectivity index (χ1) is 9.77. The van der Waals surface area contributed by atoms with Crippen LogP contribution in [0.15, 0.2) is 30.6 Å². The zero-order valence-electron chi connectivity index (χ0n) is 10.3. The number of nitrogens with zero attached hydrogens (tertiary/aromatic N) is 2. The van der Waals surface area contributed by atoms with Gasteiger partial charge in [0.1, 0.15) is 5.82 Å². The molecule has 1 aromatic heterocycles. The lowest BCUT2D eigenvalue weighted by atomic mass is 10.1. The Morgan fingerprint density at radius 3 is 2.38 bits per heavy atom. The highest BCUT2D eigenvalue weighted by molar-refractivity contribution is 6.04. The summed E-state index contributed by atoms with van der Waals surface area (Å²) in [7, 11) is 0. The number of carbonyl (C=O) groups is 1. The van der Waals surface area contributed by atoms with Crippen molar-refractivity contribution in [2.24, 2.45) is 0 Å². The molecule has 0 saturated heterocycles. The Bertz CT molecular complexity index is 670. The van der Waals surface area contributed by atoms with E-state index in [0.29, 0.717) is 0 Å². The zero-order chi connectivity index (χ0) is 15.6. The molecule has 3 N–H and O–H groups in total. The lowest BCUT2D eigenvalue weighted by Gasteiger charge is -2.12. The third kappa shape index (κ3) is 3.44. The van der Waals surface area contributed by atoms with Gasteiger partial charge in [0.2, 0.25) is 5.95 Å². The molecule has 9 heteroatoms. The Hall–Kier alpha value is -2.71. The highest BCUT2D eigenvalue weighted by atomic mass is 19.4. The predicted molar refractivity (Wildman–Crippen MR) is 65.8 cm³/mol. The maximum absolute atomic E-state index is 12.9. The minimum atomic E-state index is -4.86. The Morgan fingerprint density at radius 2 is 1.81 bits per heavy atom. The molecule has 0 spiro atoms. The first kappa shape index (κ1) is 14.7. The summed E-state index contributed by atoms with van der Waals surface area (Å²) in [5.41, 5.74) is 3.45. The summed E-state index contributed by atoms with van der Waals surface area (Å²) >= 11 is 0. The smallest absolute Gasteiger partial charge is 0.396 e. The van der Waals surface area contributed by atoms with Crippen molar-refractivity contribution in [1.29, 1.82) is 0 Å². The van der Waals surface area contributed by atoms with Gasteiger partial charge in [0.15, 0.2) is 0 Å². The fourth-order valence-corrected chi connectivity index (χ4v) is 1.52. The predicted octanol–water partition coefficient (Wildman–Crippen LogP) is 2.47. The minimum absolute atomic E-state index is 0.216. The number of hydrogen-bond donors (Lipinski definition) is 2. The van der Waals surface area contributed by atoms with Crippen molar-refractivity contribution in [3.63, 3.8) is 0 Å². The number of halogens is 4. The Morgan fingerprint density at radius 1 is 1.19 bits per heavy atom. The van der Waals surface area contributed by atoms with Crippen molar-refractivity contribution in [1.82, 2.24) is 9.97 Å². The molecule has 0 saturated carbocycles. The molecule has 0 atom stereocenters. The highest BCUT2D eigenvalue weighted by Gasteiger charge is 2.35. The maximum atomic E-state index is 12.9. The molecule has 1 amide bonds. The van der Waals surface area contributed by atoms with Crippen LogP contribution < -0.4 is 11.1 Å². The van der Waals surface area contributed by atoms with E-state index in [-0.39, 0.29) is 17.7 Å². The highest BCUT2D eigenvalue weighted by Crippen LogP contribution is 2.32. The molecular formula is C12H8F4N4O. The van der Waals surface area contributed by atoms with Crippen LogP contribution in [0.25, 0.3) is 0 Å². The number of nitrogen functional groups attached to an aromatic ring is 1. The van der Waals surface area contributed by atoms with Gasteiger partial charge in [-0.2, -0.15) is 13.2 Å². The van der Waals surface area contributed by atoms with Crippen molar-refractivity contribution < 1.29 is 22.4 Å². The van der Waals surface area contributed by atoms with E-state index in [9.17, 15) is 22.4 Å². The minimum Gasteiger partial charge on any atom is -0.396 e. The van der Waals surface area contributed by atoms with Gasteiger partial charge in [0.05, 0.1) is 29.2 Å². The number of amides is 1. The topological polar surface area (TPSA) is 80.9 Å². The van der Waals surface area contributed by atoms with E-state index < -0.39 is 29.0 Å². The summed E-state index contributed by atoms with van der Waals surface area (Å²) < 4.78 is 51.3. The molecule has 5 nitrogen and oxygen atoms in total. The molecule has 2 rings (SSSR count). The van der Waals surface area contributed by atoms with Gasteiger partial charge in [-0.3, -0.25) is 10.1 Å². The van der Waals surface area contributed by atoms with Crippen molar-refractivity contribution in [3.8, 4) is 0 Å². The molecule has 2 aromatic rings. The number of alkyl halides is 3. The third-order valence-electron chi connectivity index (χ3n) is 2.43. The lowest BCUT2D eigenvalue weighted by Crippen LogP contribution is -2.20. The molecule has 0 aliphatic carbocycles. The summed E-state index contributed by atoms with van der Waals surface area (Å²) in [6.45, 7) is 0. The quantitative estimate of drug-likeness (QED) is 0.835. The molecular weight excluding hydrogens is 292 g/mol. The van der Waals surface area contributed by atoms with Gasteiger partial charge in [0.25, 0.3) is 5.91 Å². The van der Waals surface area contributed by atoms with Crippen LogP contribution in [0.1, 0.15) is 15.9 Å². The Labute approximate surface area is 115 Å². The lowest BCUT2D eigenvalue weighted by molar-refractivity contribution is -0.138. The van der Waals surface area contributed by atoms with E-state index in [0.717, 1.165) is 12.1 Å². The van der Waals surface area contributed by atoms with Crippen LogP contribution in [0.5, 0.6) is 0 Å². The van der Waals surface area contributed by atoms with Crippen LogP contribution in [0.3, 0.4) is 0 Å². The number of benzene rings is 1. The van der Waals surface area contributed by atoms with Crippen LogP contribution in [-0.2, 0) is 6.18 Å². The normalized spacial score (nSPS) is 11.2. The van der Waals surface area contributed by atoms with Gasteiger partial charge < -0.3 is 5.73 Å². The van der Waals surface area contributed by atoms with Crippen molar-refractivity contribution in [2.45, 2.75) is 6.18 Å². The van der Waals surface area contributed by atoms with Crippen molar-refractivity contribution in [3.05, 3.63) is 47.5 Å². The largest absolute Gasteiger partial charge is 0.417 e. The van der Waals surface area contributed by atoms with E-state index in [1.54, 1.807) is 0 Å². The van der Waals surface area contributed by atoms with E-state index in [4.69, 9.17) is 5.73 Å². The first-order valence-electron chi connectivity index (χ1n) is 5.53. The molecule has 0 unspecified atom stereocenters. The molecule has 110 valence electrons. The van der Waals surface area contributed by atoms with Crippen LogP contribution in [0.4, 0.5) is 29.2 Å². The van der Waals surface area contributed by atoms with Crippen LogP contribution in [-0.4, -0.2) is 15.9 Å². The van der Waals surface area contributed by atoms with E-state index in [1.807, 2.05) is 0 Å². The number of nitrogens with one attached hydrogen (secondary N) is 1. The maximum Gasteiger partial charge on any atom is 0.417 e. The van der Waals surface area contributed by atoms with Gasteiger partial charge in [-0.1, -0.05) is 0 Å². The molecule has 0 aliphatic heterocycles. The fourth-order valence-electron chi connectivity index (χ4n) is 1.52. The van der Waals surface area contributed by atoms with E-state index in [1.165, 1.54) is 12.4 Å². The number of nitrogens with two attached hydrogens (primary N) is 1. The molecule has 0 bridgehead atoms. The number of anilines is 2. The van der Waals surface area contributed by atoms with Gasteiger partial charge in [-0.15, -0.1) is 0 Å².